The van der Waals surface area contributed by atoms with Gasteiger partial charge < -0.3 is 15.5 Å². The van der Waals surface area contributed by atoms with Crippen molar-refractivity contribution < 1.29 is 4.79 Å². The molecule has 1 amide bonds. The van der Waals surface area contributed by atoms with Gasteiger partial charge in [0, 0.05) is 19.1 Å². The largest absolute Gasteiger partial charge is 0.369 e. The molecule has 0 aromatic carbocycles. The van der Waals surface area contributed by atoms with Crippen molar-refractivity contribution in [2.24, 2.45) is 5.92 Å². The SMILES string of the molecule is CCCNc1cnc(C(=O)NC(CN(C)C)C(C)C)cn1. The number of carbonyl (C=O) groups excluding carboxylic acids is 1. The topological polar surface area (TPSA) is 70.2 Å². The minimum atomic E-state index is -0.176. The van der Waals surface area contributed by atoms with Crippen LogP contribution in [-0.2, 0) is 0 Å². The molecule has 1 unspecified atom stereocenters. The molecule has 1 rings (SSSR count). The van der Waals surface area contributed by atoms with Gasteiger partial charge in [-0.05, 0) is 26.4 Å². The third-order valence-corrected chi connectivity index (χ3v) is 3.12. The lowest BCUT2D eigenvalue weighted by molar-refractivity contribution is 0.0911. The standard InChI is InChI=1S/C15H27N5O/c1-6-7-16-14-9-17-12(8-18-14)15(21)19-13(11(2)3)10-20(4)5/h8-9,11,13H,6-7,10H2,1-5H3,(H,16,18)(H,19,21). The Morgan fingerprint density at radius 3 is 2.48 bits per heavy atom. The molecule has 21 heavy (non-hydrogen) atoms. The van der Waals surface area contributed by atoms with E-state index in [-0.39, 0.29) is 11.9 Å². The van der Waals surface area contributed by atoms with Gasteiger partial charge in [-0.15, -0.1) is 0 Å². The van der Waals surface area contributed by atoms with Gasteiger partial charge in [0.05, 0.1) is 12.4 Å². The van der Waals surface area contributed by atoms with Gasteiger partial charge in [-0.25, -0.2) is 9.97 Å². The molecule has 6 heteroatoms. The number of carbonyl (C=O) groups is 1. The molecule has 0 aliphatic rings. The van der Waals surface area contributed by atoms with Gasteiger partial charge in [0.1, 0.15) is 11.5 Å². The Balaban J connectivity index is 2.65. The minimum absolute atomic E-state index is 0.0900. The summed E-state index contributed by atoms with van der Waals surface area (Å²) in [6.45, 7) is 7.92. The Morgan fingerprint density at radius 1 is 1.29 bits per heavy atom. The molecule has 0 saturated carbocycles. The van der Waals surface area contributed by atoms with E-state index in [1.54, 1.807) is 6.20 Å². The van der Waals surface area contributed by atoms with Crippen molar-refractivity contribution in [2.75, 3.05) is 32.5 Å². The minimum Gasteiger partial charge on any atom is -0.369 e. The fourth-order valence-electron chi connectivity index (χ4n) is 1.85. The Bertz CT molecular complexity index is 430. The zero-order valence-corrected chi connectivity index (χ0v) is 13.7. The third-order valence-electron chi connectivity index (χ3n) is 3.12. The molecule has 2 N–H and O–H groups in total. The Kier molecular flexibility index (Phi) is 7.08. The Morgan fingerprint density at radius 2 is 2.00 bits per heavy atom. The normalized spacial score (nSPS) is 12.5. The monoisotopic (exact) mass is 293 g/mol. The first-order valence-electron chi connectivity index (χ1n) is 7.45. The lowest BCUT2D eigenvalue weighted by Gasteiger charge is -2.25. The van der Waals surface area contributed by atoms with Gasteiger partial charge in [0.15, 0.2) is 0 Å². The summed E-state index contributed by atoms with van der Waals surface area (Å²) in [6.07, 6.45) is 4.13. The molecule has 0 fully saturated rings. The fourth-order valence-corrected chi connectivity index (χ4v) is 1.85. The number of hydrogen-bond acceptors (Lipinski definition) is 5. The summed E-state index contributed by atoms with van der Waals surface area (Å²) >= 11 is 0. The number of aromatic nitrogens is 2. The van der Waals surface area contributed by atoms with Crippen LogP contribution in [-0.4, -0.2) is 54.0 Å². The van der Waals surface area contributed by atoms with Crippen LogP contribution in [0.3, 0.4) is 0 Å². The maximum atomic E-state index is 12.2. The average Bonchev–Trinajstić information content (AvgIpc) is 2.44. The number of anilines is 1. The predicted octanol–water partition coefficient (Wildman–Crippen LogP) is 1.61. The summed E-state index contributed by atoms with van der Waals surface area (Å²) in [5, 5.41) is 6.16. The molecule has 1 aromatic rings. The Labute approximate surface area is 127 Å². The van der Waals surface area contributed by atoms with Crippen LogP contribution in [0, 0.1) is 5.92 Å². The van der Waals surface area contributed by atoms with Crippen molar-refractivity contribution in [1.29, 1.82) is 0 Å². The molecule has 6 nitrogen and oxygen atoms in total. The van der Waals surface area contributed by atoms with Gasteiger partial charge >= 0.3 is 0 Å². The lowest BCUT2D eigenvalue weighted by atomic mass is 10.0. The van der Waals surface area contributed by atoms with Gasteiger partial charge in [-0.2, -0.15) is 0 Å². The molecular weight excluding hydrogens is 266 g/mol. The molecule has 0 aliphatic heterocycles. The summed E-state index contributed by atoms with van der Waals surface area (Å²) in [7, 11) is 3.99. The molecule has 1 aromatic heterocycles. The molecule has 0 aliphatic carbocycles. The zero-order valence-electron chi connectivity index (χ0n) is 13.7. The molecule has 0 bridgehead atoms. The zero-order chi connectivity index (χ0) is 15.8. The maximum Gasteiger partial charge on any atom is 0.271 e. The maximum absolute atomic E-state index is 12.2. The van der Waals surface area contributed by atoms with Crippen LogP contribution in [0.1, 0.15) is 37.7 Å². The van der Waals surface area contributed by atoms with Crippen LogP contribution >= 0.6 is 0 Å². The van der Waals surface area contributed by atoms with E-state index in [0.717, 1.165) is 19.5 Å². The molecule has 118 valence electrons. The molecule has 1 heterocycles. The first-order chi connectivity index (χ1) is 9.93. The van der Waals surface area contributed by atoms with Gasteiger partial charge in [0.2, 0.25) is 0 Å². The number of nitrogens with one attached hydrogen (secondary N) is 2. The van der Waals surface area contributed by atoms with Crippen LogP contribution < -0.4 is 10.6 Å². The van der Waals surface area contributed by atoms with E-state index in [1.165, 1.54) is 6.20 Å². The summed E-state index contributed by atoms with van der Waals surface area (Å²) < 4.78 is 0. The highest BCUT2D eigenvalue weighted by Gasteiger charge is 2.18. The van der Waals surface area contributed by atoms with E-state index in [2.05, 4.69) is 46.3 Å². The summed E-state index contributed by atoms with van der Waals surface area (Å²) in [5.41, 5.74) is 0.349. The average molecular weight is 293 g/mol. The number of amides is 1. The summed E-state index contributed by atoms with van der Waals surface area (Å²) in [4.78, 5) is 22.7. The van der Waals surface area contributed by atoms with Crippen LogP contribution in [0.15, 0.2) is 12.4 Å². The number of rotatable bonds is 8. The molecule has 0 saturated heterocycles. The first kappa shape index (κ1) is 17.4. The van der Waals surface area contributed by atoms with Crippen molar-refractivity contribution in [2.45, 2.75) is 33.2 Å². The molecule has 0 radical (unpaired) electrons. The highest BCUT2D eigenvalue weighted by molar-refractivity contribution is 5.92. The first-order valence-corrected chi connectivity index (χ1v) is 7.45. The Hall–Kier alpha value is -1.69. The van der Waals surface area contributed by atoms with Crippen molar-refractivity contribution in [3.63, 3.8) is 0 Å². The fraction of sp³-hybridized carbons (Fsp3) is 0.667. The lowest BCUT2D eigenvalue weighted by Crippen LogP contribution is -2.45. The number of nitrogens with zero attached hydrogens (tertiary/aromatic N) is 3. The second-order valence-corrected chi connectivity index (χ2v) is 5.80. The van der Waals surface area contributed by atoms with E-state index in [4.69, 9.17) is 0 Å². The summed E-state index contributed by atoms with van der Waals surface area (Å²) in [6, 6.07) is 0.0900. The van der Waals surface area contributed by atoms with Crippen molar-refractivity contribution in [3.05, 3.63) is 18.1 Å². The van der Waals surface area contributed by atoms with E-state index in [1.807, 2.05) is 14.1 Å². The van der Waals surface area contributed by atoms with Crippen LogP contribution in [0.5, 0.6) is 0 Å². The van der Waals surface area contributed by atoms with E-state index in [0.29, 0.717) is 17.4 Å². The quantitative estimate of drug-likeness (QED) is 0.762. The van der Waals surface area contributed by atoms with E-state index >= 15 is 0 Å². The summed E-state index contributed by atoms with van der Waals surface area (Å²) in [5.74, 6) is 0.877. The van der Waals surface area contributed by atoms with Gasteiger partial charge in [-0.1, -0.05) is 20.8 Å². The van der Waals surface area contributed by atoms with E-state index < -0.39 is 0 Å². The van der Waals surface area contributed by atoms with E-state index in [9.17, 15) is 4.79 Å². The number of likely N-dealkylation sites (N-methyl/N-ethyl adjacent to an activating group) is 1. The third kappa shape index (κ3) is 6.08. The van der Waals surface area contributed by atoms with Gasteiger partial charge in [-0.3, -0.25) is 4.79 Å². The number of hydrogen-bond donors (Lipinski definition) is 2. The predicted molar refractivity (Wildman–Crippen MR) is 85.5 cm³/mol. The van der Waals surface area contributed by atoms with Crippen LogP contribution in [0.4, 0.5) is 5.82 Å². The molecule has 1 atom stereocenters. The van der Waals surface area contributed by atoms with Gasteiger partial charge in [0.25, 0.3) is 5.91 Å². The van der Waals surface area contributed by atoms with Crippen molar-refractivity contribution >= 4 is 11.7 Å². The second-order valence-electron chi connectivity index (χ2n) is 5.80. The highest BCUT2D eigenvalue weighted by Crippen LogP contribution is 2.06. The molecule has 0 spiro atoms. The van der Waals surface area contributed by atoms with Crippen molar-refractivity contribution in [1.82, 2.24) is 20.2 Å². The van der Waals surface area contributed by atoms with Crippen molar-refractivity contribution in [3.8, 4) is 0 Å². The highest BCUT2D eigenvalue weighted by atomic mass is 16.2. The molecular formula is C15H27N5O. The second kappa shape index (κ2) is 8.56. The van der Waals surface area contributed by atoms with Crippen LogP contribution in [0.25, 0.3) is 0 Å². The van der Waals surface area contributed by atoms with Crippen LogP contribution in [0.2, 0.25) is 0 Å². The smallest absolute Gasteiger partial charge is 0.271 e.